The summed E-state index contributed by atoms with van der Waals surface area (Å²) in [5.41, 5.74) is 5.67. The quantitative estimate of drug-likeness (QED) is 0.199. The third-order valence-electron chi connectivity index (χ3n) is 5.28. The van der Waals surface area contributed by atoms with Crippen molar-refractivity contribution in [2.45, 2.75) is 12.1 Å². The highest BCUT2D eigenvalue weighted by Crippen LogP contribution is 2.29. The van der Waals surface area contributed by atoms with E-state index in [1.165, 1.54) is 11.8 Å². The van der Waals surface area contributed by atoms with E-state index in [1.807, 2.05) is 53.1 Å². The molecule has 1 amide bonds. The summed E-state index contributed by atoms with van der Waals surface area (Å²) in [6.07, 6.45) is 0. The van der Waals surface area contributed by atoms with Crippen molar-refractivity contribution in [2.75, 3.05) is 20.0 Å². The molecule has 0 saturated carbocycles. The van der Waals surface area contributed by atoms with Gasteiger partial charge >= 0.3 is 0 Å². The first-order valence-electron chi connectivity index (χ1n) is 11.0. The van der Waals surface area contributed by atoms with Gasteiger partial charge in [-0.05, 0) is 85.3 Å². The van der Waals surface area contributed by atoms with Crippen molar-refractivity contribution < 1.29 is 19.4 Å². The molecular weight excluding hydrogens is 478 g/mol. The minimum absolute atomic E-state index is 0.0866. The van der Waals surface area contributed by atoms with Gasteiger partial charge in [-0.25, -0.2) is 5.43 Å². The molecule has 0 radical (unpaired) electrons. The SMILES string of the molecule is COc1ccc(-c2nnc(SCC(=O)N/N=C(/C)c3ccc(O)cc3)n2-c2ccc(OC)cc2)cc1. The number of hydrogen-bond acceptors (Lipinski definition) is 8. The maximum atomic E-state index is 12.5. The highest BCUT2D eigenvalue weighted by molar-refractivity contribution is 7.99. The number of rotatable bonds is 9. The monoisotopic (exact) mass is 503 g/mol. The molecule has 0 aliphatic carbocycles. The molecule has 10 heteroatoms. The van der Waals surface area contributed by atoms with Gasteiger partial charge in [0.05, 0.1) is 25.7 Å². The number of carbonyl (C=O) groups is 1. The Morgan fingerprint density at radius 2 is 1.56 bits per heavy atom. The molecule has 1 heterocycles. The Bertz CT molecular complexity index is 1350. The largest absolute Gasteiger partial charge is 0.508 e. The number of benzene rings is 3. The zero-order valence-electron chi connectivity index (χ0n) is 20.0. The van der Waals surface area contributed by atoms with Crippen molar-refractivity contribution in [1.82, 2.24) is 20.2 Å². The van der Waals surface area contributed by atoms with Crippen molar-refractivity contribution in [2.24, 2.45) is 5.10 Å². The number of carbonyl (C=O) groups excluding carboxylic acids is 1. The van der Waals surface area contributed by atoms with Crippen LogP contribution in [0, 0.1) is 0 Å². The van der Waals surface area contributed by atoms with Crippen LogP contribution in [0.25, 0.3) is 17.1 Å². The lowest BCUT2D eigenvalue weighted by atomic mass is 10.1. The minimum Gasteiger partial charge on any atom is -0.508 e. The molecule has 0 bridgehead atoms. The van der Waals surface area contributed by atoms with Gasteiger partial charge in [0.15, 0.2) is 11.0 Å². The number of ether oxygens (including phenoxy) is 2. The first-order chi connectivity index (χ1) is 17.5. The predicted octanol–water partition coefficient (Wildman–Crippen LogP) is 4.29. The molecule has 36 heavy (non-hydrogen) atoms. The molecule has 0 fully saturated rings. The number of phenolic OH excluding ortho intramolecular Hbond substituents is 1. The Morgan fingerprint density at radius 1 is 0.944 bits per heavy atom. The van der Waals surface area contributed by atoms with Crippen LogP contribution >= 0.6 is 11.8 Å². The van der Waals surface area contributed by atoms with Crippen molar-refractivity contribution in [3.63, 3.8) is 0 Å². The molecule has 0 saturated heterocycles. The van der Waals surface area contributed by atoms with Gasteiger partial charge in [0, 0.05) is 11.3 Å². The van der Waals surface area contributed by atoms with E-state index in [9.17, 15) is 9.90 Å². The summed E-state index contributed by atoms with van der Waals surface area (Å²) >= 11 is 1.25. The van der Waals surface area contributed by atoms with Crippen LogP contribution in [0.4, 0.5) is 0 Å². The van der Waals surface area contributed by atoms with Gasteiger partial charge in [-0.2, -0.15) is 5.10 Å². The fourth-order valence-electron chi connectivity index (χ4n) is 3.33. The van der Waals surface area contributed by atoms with E-state index in [0.717, 1.165) is 28.3 Å². The maximum absolute atomic E-state index is 12.5. The van der Waals surface area contributed by atoms with Crippen LogP contribution in [-0.2, 0) is 4.79 Å². The van der Waals surface area contributed by atoms with Crippen LogP contribution < -0.4 is 14.9 Å². The maximum Gasteiger partial charge on any atom is 0.250 e. The molecule has 0 aliphatic heterocycles. The normalized spacial score (nSPS) is 11.2. The van der Waals surface area contributed by atoms with Crippen LogP contribution in [-0.4, -0.2) is 51.5 Å². The number of amides is 1. The van der Waals surface area contributed by atoms with Crippen LogP contribution in [0.5, 0.6) is 17.2 Å². The topological polar surface area (TPSA) is 111 Å². The lowest BCUT2D eigenvalue weighted by molar-refractivity contribution is -0.118. The Morgan fingerprint density at radius 3 is 2.17 bits per heavy atom. The van der Waals surface area contributed by atoms with E-state index in [2.05, 4.69) is 20.7 Å². The molecular formula is C26H25N5O4S. The Labute approximate surface area is 212 Å². The Kier molecular flexibility index (Phi) is 7.86. The zero-order valence-corrected chi connectivity index (χ0v) is 20.8. The second kappa shape index (κ2) is 11.4. The van der Waals surface area contributed by atoms with E-state index < -0.39 is 0 Å². The summed E-state index contributed by atoms with van der Waals surface area (Å²) in [5.74, 6) is 2.07. The van der Waals surface area contributed by atoms with Gasteiger partial charge in [0.25, 0.3) is 5.91 Å². The molecule has 4 aromatic rings. The molecule has 184 valence electrons. The number of aromatic hydroxyl groups is 1. The third kappa shape index (κ3) is 5.84. The molecule has 0 atom stereocenters. The molecule has 0 unspecified atom stereocenters. The second-order valence-corrected chi connectivity index (χ2v) is 8.58. The van der Waals surface area contributed by atoms with E-state index in [4.69, 9.17) is 9.47 Å². The second-order valence-electron chi connectivity index (χ2n) is 7.64. The average molecular weight is 504 g/mol. The number of phenols is 1. The number of nitrogens with zero attached hydrogens (tertiary/aromatic N) is 4. The number of hydrazone groups is 1. The predicted molar refractivity (Wildman–Crippen MR) is 139 cm³/mol. The van der Waals surface area contributed by atoms with Crippen molar-refractivity contribution in [1.29, 1.82) is 0 Å². The standard InChI is InChI=1S/C26H25N5O4S/c1-17(18-4-10-21(32)11-5-18)27-28-24(33)16-36-26-30-29-25(19-6-12-22(34-2)13-7-19)31(26)20-8-14-23(35-3)15-9-20/h4-15,32H,16H2,1-3H3,(H,28,33)/b27-17-. The van der Waals surface area contributed by atoms with Gasteiger partial charge in [-0.15, -0.1) is 10.2 Å². The summed E-state index contributed by atoms with van der Waals surface area (Å²) in [6.45, 7) is 1.78. The summed E-state index contributed by atoms with van der Waals surface area (Å²) < 4.78 is 12.4. The summed E-state index contributed by atoms with van der Waals surface area (Å²) in [5, 5.41) is 22.9. The smallest absolute Gasteiger partial charge is 0.250 e. The third-order valence-corrected chi connectivity index (χ3v) is 6.21. The van der Waals surface area contributed by atoms with E-state index in [-0.39, 0.29) is 17.4 Å². The number of thioether (sulfide) groups is 1. The molecule has 2 N–H and O–H groups in total. The first kappa shape index (κ1) is 24.8. The van der Waals surface area contributed by atoms with Gasteiger partial charge in [-0.3, -0.25) is 9.36 Å². The molecule has 0 aliphatic rings. The average Bonchev–Trinajstić information content (AvgIpc) is 3.35. The number of hydrogen-bond donors (Lipinski definition) is 2. The highest BCUT2D eigenvalue weighted by Gasteiger charge is 2.17. The van der Waals surface area contributed by atoms with Crippen LogP contribution in [0.3, 0.4) is 0 Å². The first-order valence-corrected chi connectivity index (χ1v) is 12.0. The van der Waals surface area contributed by atoms with Gasteiger partial charge in [0.2, 0.25) is 0 Å². The highest BCUT2D eigenvalue weighted by atomic mass is 32.2. The van der Waals surface area contributed by atoms with E-state index >= 15 is 0 Å². The Hall–Kier alpha value is -4.31. The van der Waals surface area contributed by atoms with Crippen molar-refractivity contribution >= 4 is 23.4 Å². The van der Waals surface area contributed by atoms with E-state index in [0.29, 0.717) is 16.7 Å². The molecule has 9 nitrogen and oxygen atoms in total. The lowest BCUT2D eigenvalue weighted by Crippen LogP contribution is -2.21. The lowest BCUT2D eigenvalue weighted by Gasteiger charge is -2.11. The van der Waals surface area contributed by atoms with Crippen molar-refractivity contribution in [3.8, 4) is 34.3 Å². The van der Waals surface area contributed by atoms with Crippen molar-refractivity contribution in [3.05, 3.63) is 78.4 Å². The van der Waals surface area contributed by atoms with E-state index in [1.54, 1.807) is 45.4 Å². The van der Waals surface area contributed by atoms with Gasteiger partial charge in [-0.1, -0.05) is 11.8 Å². The summed E-state index contributed by atoms with van der Waals surface area (Å²) in [4.78, 5) is 12.5. The van der Waals surface area contributed by atoms with Gasteiger partial charge in [0.1, 0.15) is 17.2 Å². The number of aromatic nitrogens is 3. The fraction of sp³-hybridized carbons (Fsp3) is 0.154. The Balaban J connectivity index is 1.54. The minimum atomic E-state index is -0.284. The van der Waals surface area contributed by atoms with Crippen LogP contribution in [0.15, 0.2) is 83.1 Å². The van der Waals surface area contributed by atoms with Gasteiger partial charge < -0.3 is 14.6 Å². The molecule has 3 aromatic carbocycles. The zero-order chi connectivity index (χ0) is 25.5. The summed E-state index contributed by atoms with van der Waals surface area (Å²) in [6, 6.07) is 21.7. The van der Waals surface area contributed by atoms with Crippen LogP contribution in [0.2, 0.25) is 0 Å². The van der Waals surface area contributed by atoms with Crippen LogP contribution in [0.1, 0.15) is 12.5 Å². The molecule has 1 aromatic heterocycles. The fourth-order valence-corrected chi connectivity index (χ4v) is 4.07. The summed E-state index contributed by atoms with van der Waals surface area (Å²) in [7, 11) is 3.23. The number of nitrogens with one attached hydrogen (secondary N) is 1. The number of methoxy groups -OCH3 is 2. The molecule has 0 spiro atoms. The molecule has 4 rings (SSSR count).